The number of aromatic nitrogens is 3. The molecular weight excluding hydrogens is 592 g/mol. The number of fused-ring (bicyclic) bond motifs is 1. The van der Waals surface area contributed by atoms with E-state index < -0.39 is 10.0 Å². The number of anilines is 2. The van der Waals surface area contributed by atoms with Crippen LogP contribution in [0.3, 0.4) is 0 Å². The third kappa shape index (κ3) is 7.73. The maximum Gasteiger partial charge on any atom is 0.247 e. The van der Waals surface area contributed by atoms with E-state index in [2.05, 4.69) is 30.1 Å². The van der Waals surface area contributed by atoms with E-state index in [0.29, 0.717) is 47.9 Å². The third-order valence-corrected chi connectivity index (χ3v) is 8.94. The molecule has 4 aromatic carbocycles. The van der Waals surface area contributed by atoms with Crippen LogP contribution in [0.2, 0.25) is 0 Å². The van der Waals surface area contributed by atoms with Gasteiger partial charge in [-0.1, -0.05) is 42.5 Å². The number of hydrogen-bond acceptors (Lipinski definition) is 10. The molecule has 232 valence electrons. The van der Waals surface area contributed by atoms with Gasteiger partial charge in [0, 0.05) is 30.4 Å². The van der Waals surface area contributed by atoms with Crippen LogP contribution in [0.25, 0.3) is 22.2 Å². The van der Waals surface area contributed by atoms with Gasteiger partial charge in [-0.2, -0.15) is 4.89 Å². The molecular formula is C33H34N6O5S. The molecule has 0 unspecified atom stereocenters. The van der Waals surface area contributed by atoms with Crippen LogP contribution in [0, 0.1) is 0 Å². The first-order valence-electron chi connectivity index (χ1n) is 14.7. The van der Waals surface area contributed by atoms with Crippen LogP contribution >= 0.6 is 0 Å². The van der Waals surface area contributed by atoms with Crippen LogP contribution in [0.15, 0.2) is 95.9 Å². The topological polar surface area (TPSA) is 128 Å². The summed E-state index contributed by atoms with van der Waals surface area (Å²) in [5, 5.41) is 11.7. The lowest BCUT2D eigenvalue weighted by molar-refractivity contribution is -0.177. The molecule has 0 radical (unpaired) electrons. The number of nitrogens with zero attached hydrogens (tertiary/aromatic N) is 4. The molecule has 2 N–H and O–H groups in total. The monoisotopic (exact) mass is 626 g/mol. The molecule has 0 aliphatic carbocycles. The Balaban J connectivity index is 1.16. The molecule has 0 bridgehead atoms. The molecule has 1 aliphatic rings. The van der Waals surface area contributed by atoms with Gasteiger partial charge in [-0.3, -0.25) is 0 Å². The Bertz CT molecular complexity index is 1850. The van der Waals surface area contributed by atoms with Gasteiger partial charge in [0.2, 0.25) is 16.0 Å². The second-order valence-corrected chi connectivity index (χ2v) is 12.4. The molecule has 0 amide bonds. The van der Waals surface area contributed by atoms with E-state index in [1.54, 1.807) is 30.3 Å². The molecule has 0 spiro atoms. The molecule has 2 heterocycles. The molecule has 5 aromatic rings. The second kappa shape index (κ2) is 14.0. The van der Waals surface area contributed by atoms with Crippen LogP contribution < -0.4 is 19.7 Å². The van der Waals surface area contributed by atoms with E-state index in [0.717, 1.165) is 29.8 Å². The molecule has 0 saturated carbocycles. The fraction of sp³-hybridized carbons (Fsp3) is 0.242. The van der Waals surface area contributed by atoms with Gasteiger partial charge in [-0.25, -0.2) is 18.1 Å². The van der Waals surface area contributed by atoms with Gasteiger partial charge in [0.15, 0.2) is 5.75 Å². The first-order valence-corrected chi connectivity index (χ1v) is 16.2. The average Bonchev–Trinajstić information content (AvgIpc) is 3.58. The standard InChI is InChI=1S/C33H34N6O5S/c1-42-44-32-22-30-31(21-29(32)25-10-7-11-27(20-25)43-23-24-8-3-2-4-9-24)37-38-33(36-30)35-26-12-14-28(15-13-26)45(40,41)34-16-19-39-17-5-6-18-39/h2-4,7-15,20-22,34H,5-6,16-19,23H2,1H3,(H,35,36,38). The first kappa shape index (κ1) is 30.4. The molecule has 1 saturated heterocycles. The van der Waals surface area contributed by atoms with Crippen molar-refractivity contribution < 1.29 is 22.9 Å². The normalized spacial score (nSPS) is 13.6. The van der Waals surface area contributed by atoms with E-state index in [1.807, 2.05) is 60.7 Å². The van der Waals surface area contributed by atoms with Crippen molar-refractivity contribution >= 4 is 32.7 Å². The summed E-state index contributed by atoms with van der Waals surface area (Å²) < 4.78 is 34.2. The van der Waals surface area contributed by atoms with Crippen LogP contribution in [0.4, 0.5) is 11.6 Å². The first-order chi connectivity index (χ1) is 22.0. The highest BCUT2D eigenvalue weighted by atomic mass is 32.2. The van der Waals surface area contributed by atoms with E-state index in [1.165, 1.54) is 20.0 Å². The zero-order chi connectivity index (χ0) is 31.1. The fourth-order valence-corrected chi connectivity index (χ4v) is 6.19. The van der Waals surface area contributed by atoms with Gasteiger partial charge >= 0.3 is 0 Å². The Morgan fingerprint density at radius 3 is 2.44 bits per heavy atom. The Kier molecular flexibility index (Phi) is 9.46. The number of ether oxygens (including phenoxy) is 1. The van der Waals surface area contributed by atoms with Crippen LogP contribution in [0.1, 0.15) is 18.4 Å². The Labute approximate surface area is 262 Å². The Morgan fingerprint density at radius 1 is 0.867 bits per heavy atom. The molecule has 1 aliphatic heterocycles. The van der Waals surface area contributed by atoms with E-state index in [9.17, 15) is 8.42 Å². The Hall–Kier alpha value is -4.62. The minimum absolute atomic E-state index is 0.190. The van der Waals surface area contributed by atoms with E-state index in [-0.39, 0.29) is 10.8 Å². The van der Waals surface area contributed by atoms with Gasteiger partial charge in [-0.15, -0.1) is 10.2 Å². The molecule has 11 nitrogen and oxygen atoms in total. The van der Waals surface area contributed by atoms with Crippen LogP contribution in [-0.2, 0) is 21.5 Å². The zero-order valence-electron chi connectivity index (χ0n) is 24.8. The SMILES string of the molecule is COOc1cc2nc(Nc3ccc(S(=O)(=O)NCCN4CCCC4)cc3)nnc2cc1-c1cccc(OCc2ccccc2)c1. The smallest absolute Gasteiger partial charge is 0.247 e. The minimum atomic E-state index is -3.61. The molecule has 6 rings (SSSR count). The molecule has 1 fully saturated rings. The number of nitrogens with one attached hydrogen (secondary N) is 2. The predicted octanol–water partition coefficient (Wildman–Crippen LogP) is 5.33. The number of rotatable bonds is 13. The summed E-state index contributed by atoms with van der Waals surface area (Å²) in [6.45, 7) is 3.58. The lowest BCUT2D eigenvalue weighted by Crippen LogP contribution is -2.33. The number of likely N-dealkylation sites (tertiary alicyclic amines) is 1. The highest BCUT2D eigenvalue weighted by Crippen LogP contribution is 2.35. The largest absolute Gasteiger partial charge is 0.489 e. The summed E-state index contributed by atoms with van der Waals surface area (Å²) >= 11 is 0. The van der Waals surface area contributed by atoms with Crippen molar-refractivity contribution in [3.05, 3.63) is 96.6 Å². The molecule has 12 heteroatoms. The fourth-order valence-electron chi connectivity index (χ4n) is 5.17. The van der Waals surface area contributed by atoms with Crippen molar-refractivity contribution in [2.45, 2.75) is 24.3 Å². The summed E-state index contributed by atoms with van der Waals surface area (Å²) in [5.74, 6) is 1.40. The summed E-state index contributed by atoms with van der Waals surface area (Å²) in [4.78, 5) is 17.6. The van der Waals surface area contributed by atoms with Crippen LogP contribution in [0.5, 0.6) is 11.5 Å². The van der Waals surface area contributed by atoms with Crippen molar-refractivity contribution in [1.82, 2.24) is 24.8 Å². The van der Waals surface area contributed by atoms with Gasteiger partial charge in [0.1, 0.15) is 17.9 Å². The number of sulfonamides is 1. The van der Waals surface area contributed by atoms with Crippen LogP contribution in [-0.4, -0.2) is 61.8 Å². The van der Waals surface area contributed by atoms with Crippen molar-refractivity contribution in [3.8, 4) is 22.6 Å². The van der Waals surface area contributed by atoms with Crippen molar-refractivity contribution in [2.24, 2.45) is 0 Å². The van der Waals surface area contributed by atoms with Gasteiger partial charge in [0.25, 0.3) is 0 Å². The maximum atomic E-state index is 12.7. The third-order valence-electron chi connectivity index (χ3n) is 7.46. The van der Waals surface area contributed by atoms with E-state index in [4.69, 9.17) is 14.5 Å². The average molecular weight is 627 g/mol. The summed E-state index contributed by atoms with van der Waals surface area (Å²) in [6, 6.07) is 27.6. The second-order valence-electron chi connectivity index (χ2n) is 10.6. The predicted molar refractivity (Wildman–Crippen MR) is 172 cm³/mol. The number of benzene rings is 4. The van der Waals surface area contributed by atoms with Gasteiger partial charge in [-0.05, 0) is 79.5 Å². The zero-order valence-corrected chi connectivity index (χ0v) is 25.7. The van der Waals surface area contributed by atoms with Gasteiger partial charge < -0.3 is 19.8 Å². The molecule has 1 aromatic heterocycles. The summed E-state index contributed by atoms with van der Waals surface area (Å²) in [7, 11) is -2.17. The summed E-state index contributed by atoms with van der Waals surface area (Å²) in [5.41, 5.74) is 4.35. The van der Waals surface area contributed by atoms with Gasteiger partial charge in [0.05, 0.1) is 17.5 Å². The van der Waals surface area contributed by atoms with E-state index >= 15 is 0 Å². The quantitative estimate of drug-likeness (QED) is 0.131. The lowest BCUT2D eigenvalue weighted by Gasteiger charge is -2.15. The summed E-state index contributed by atoms with van der Waals surface area (Å²) in [6.07, 6.45) is 2.34. The van der Waals surface area contributed by atoms with Crippen molar-refractivity contribution in [2.75, 3.05) is 38.6 Å². The molecule has 0 atom stereocenters. The van der Waals surface area contributed by atoms with Crippen molar-refractivity contribution in [1.29, 1.82) is 0 Å². The van der Waals surface area contributed by atoms with Crippen molar-refractivity contribution in [3.63, 3.8) is 0 Å². The highest BCUT2D eigenvalue weighted by Gasteiger charge is 2.17. The highest BCUT2D eigenvalue weighted by molar-refractivity contribution is 7.89. The Morgan fingerprint density at radius 2 is 1.67 bits per heavy atom. The minimum Gasteiger partial charge on any atom is -0.489 e. The molecule has 45 heavy (non-hydrogen) atoms. The number of hydrogen-bond donors (Lipinski definition) is 2. The maximum absolute atomic E-state index is 12.7. The lowest BCUT2D eigenvalue weighted by atomic mass is 10.0.